The van der Waals surface area contributed by atoms with Crippen LogP contribution in [0.15, 0.2) is 144 Å². The zero-order valence-electron chi connectivity index (χ0n) is 20.9. The molecule has 0 aliphatic rings. The molecule has 0 aromatic heterocycles. The van der Waals surface area contributed by atoms with Gasteiger partial charge in [0, 0.05) is 0 Å². The summed E-state index contributed by atoms with van der Waals surface area (Å²) in [6.45, 7) is 3.78. The summed E-state index contributed by atoms with van der Waals surface area (Å²) in [4.78, 5) is 0.193. The van der Waals surface area contributed by atoms with Crippen molar-refractivity contribution < 1.29 is 10.7 Å². The van der Waals surface area contributed by atoms with Crippen LogP contribution < -0.4 is 13.1 Å². The van der Waals surface area contributed by atoms with Gasteiger partial charge < -0.3 is 0 Å². The first-order chi connectivity index (χ1) is 17.9. The summed E-state index contributed by atoms with van der Waals surface area (Å²) < 4.78 is 39.6. The van der Waals surface area contributed by atoms with Gasteiger partial charge in [0.15, 0.2) is 0 Å². The van der Waals surface area contributed by atoms with Crippen LogP contribution in [0.2, 0.25) is 0 Å². The van der Waals surface area contributed by atoms with Gasteiger partial charge in [0.25, 0.3) is 0 Å². The second-order valence-corrected chi connectivity index (χ2v) is 28.5. The van der Waals surface area contributed by atoms with Crippen molar-refractivity contribution in [3.63, 3.8) is 0 Å². The predicted octanol–water partition coefficient (Wildman–Crippen LogP) is 4.54. The molecule has 0 spiro atoms. The normalized spacial score (nSPS) is 13.0. The monoisotopic (exact) mass is 702 g/mol. The third-order valence-electron chi connectivity index (χ3n) is 6.84. The maximum absolute atomic E-state index is 14.5. The van der Waals surface area contributed by atoms with E-state index in [1.807, 2.05) is 147 Å². The van der Waals surface area contributed by atoms with Crippen molar-refractivity contribution in [1.82, 2.24) is 0 Å². The van der Waals surface area contributed by atoms with Crippen LogP contribution in [0, 0.1) is 13.8 Å². The SMILES string of the molecule is Cc1ccc(S(=O)(=O)[O][Bi]([c]2ccccc2)([c]2ccccc2)([c]2ccccc2)[c]2ccccc2)c(C)c1. The van der Waals surface area contributed by atoms with Crippen LogP contribution in [0.1, 0.15) is 11.1 Å². The molecule has 0 heterocycles. The van der Waals surface area contributed by atoms with Crippen LogP contribution in [-0.4, -0.2) is 27.6 Å². The average Bonchev–Trinajstić information content (AvgIpc) is 2.93. The van der Waals surface area contributed by atoms with Crippen molar-refractivity contribution in [2.24, 2.45) is 0 Å². The molecule has 0 atom stereocenters. The fourth-order valence-corrected chi connectivity index (χ4v) is 34.7. The summed E-state index contributed by atoms with van der Waals surface area (Å²) in [5, 5.41) is 0. The molecule has 5 rings (SSSR count). The molecule has 0 amide bonds. The first-order valence-corrected chi connectivity index (χ1v) is 21.9. The quantitative estimate of drug-likeness (QED) is 0.234. The average molecular weight is 703 g/mol. The number of rotatable bonds is 7. The molecule has 0 aliphatic carbocycles. The molecule has 37 heavy (non-hydrogen) atoms. The summed E-state index contributed by atoms with van der Waals surface area (Å²) in [6.07, 6.45) is 0. The predicted molar refractivity (Wildman–Crippen MR) is 154 cm³/mol. The van der Waals surface area contributed by atoms with E-state index in [2.05, 4.69) is 0 Å². The summed E-state index contributed by atoms with van der Waals surface area (Å²) >= 11 is -5.76. The Morgan fingerprint density at radius 1 is 0.514 bits per heavy atom. The van der Waals surface area contributed by atoms with Gasteiger partial charge in [0.2, 0.25) is 0 Å². The molecular formula is C32H29BiO3S. The van der Waals surface area contributed by atoms with Gasteiger partial charge in [0.1, 0.15) is 0 Å². The molecular weight excluding hydrogens is 673 g/mol. The van der Waals surface area contributed by atoms with E-state index in [-0.39, 0.29) is 4.90 Å². The summed E-state index contributed by atoms with van der Waals surface area (Å²) in [5.74, 6) is 0. The molecule has 0 fully saturated rings. The zero-order chi connectivity index (χ0) is 26.0. The van der Waals surface area contributed by atoms with E-state index in [1.165, 1.54) is 0 Å². The van der Waals surface area contributed by atoms with Gasteiger partial charge in [-0.1, -0.05) is 0 Å². The van der Waals surface area contributed by atoms with Gasteiger partial charge in [-0.25, -0.2) is 0 Å². The van der Waals surface area contributed by atoms with Crippen LogP contribution >= 0.6 is 0 Å². The van der Waals surface area contributed by atoms with Gasteiger partial charge in [-0.2, -0.15) is 0 Å². The van der Waals surface area contributed by atoms with Gasteiger partial charge >= 0.3 is 222 Å². The van der Waals surface area contributed by atoms with Crippen molar-refractivity contribution in [2.75, 3.05) is 0 Å². The number of benzene rings is 5. The molecule has 5 aromatic rings. The van der Waals surface area contributed by atoms with Crippen molar-refractivity contribution in [3.8, 4) is 0 Å². The van der Waals surface area contributed by atoms with Crippen molar-refractivity contribution in [2.45, 2.75) is 18.7 Å². The molecule has 5 heteroatoms. The van der Waals surface area contributed by atoms with E-state index >= 15 is 0 Å². The van der Waals surface area contributed by atoms with Crippen molar-refractivity contribution in [1.29, 1.82) is 0 Å². The second-order valence-electron chi connectivity index (χ2n) is 9.18. The van der Waals surface area contributed by atoms with E-state index in [1.54, 1.807) is 6.07 Å². The Balaban J connectivity index is 2.01. The number of hydrogen-bond acceptors (Lipinski definition) is 3. The van der Waals surface area contributed by atoms with E-state index in [9.17, 15) is 8.42 Å². The van der Waals surface area contributed by atoms with Crippen molar-refractivity contribution in [3.05, 3.63) is 151 Å². The van der Waals surface area contributed by atoms with Crippen LogP contribution in [0.5, 0.6) is 0 Å². The fourth-order valence-electron chi connectivity index (χ4n) is 5.23. The Labute approximate surface area is 221 Å². The van der Waals surface area contributed by atoms with Gasteiger partial charge in [-0.3, -0.25) is 0 Å². The van der Waals surface area contributed by atoms with Crippen molar-refractivity contribution >= 4 is 42.4 Å². The van der Waals surface area contributed by atoms with Crippen LogP contribution in [0.4, 0.5) is 0 Å². The Morgan fingerprint density at radius 2 is 0.865 bits per heavy atom. The minimum atomic E-state index is -5.76. The summed E-state index contributed by atoms with van der Waals surface area (Å²) in [5.41, 5.74) is 1.66. The second kappa shape index (κ2) is 9.98. The molecule has 0 saturated heterocycles. The molecule has 0 N–H and O–H groups in total. The molecule has 0 aliphatic heterocycles. The van der Waals surface area contributed by atoms with Gasteiger partial charge in [0.05, 0.1) is 0 Å². The summed E-state index contributed by atoms with van der Waals surface area (Å²) in [6, 6.07) is 45.1. The van der Waals surface area contributed by atoms with Crippen LogP contribution in [0.3, 0.4) is 0 Å². The third-order valence-corrected chi connectivity index (χ3v) is 34.1. The van der Waals surface area contributed by atoms with E-state index in [4.69, 9.17) is 2.26 Å². The first kappa shape index (κ1) is 25.5. The van der Waals surface area contributed by atoms with E-state index in [0.29, 0.717) is 5.56 Å². The van der Waals surface area contributed by atoms with Gasteiger partial charge in [-0.05, 0) is 0 Å². The molecule has 0 radical (unpaired) electrons. The molecule has 3 nitrogen and oxygen atoms in total. The number of aryl methyl sites for hydroxylation is 2. The standard InChI is InChI=1S/C8H10O3S.4C6H5.Bi/c1-6-3-4-8(7(2)5-6)12(9,10)11;4*1-2-4-6-5-3-1;/h3-5H,1-2H3,(H,9,10,11);4*1-5H;/q;;;;;+1/p-1. The van der Waals surface area contributed by atoms with Gasteiger partial charge in [-0.15, -0.1) is 0 Å². The number of hydrogen-bond donors (Lipinski definition) is 0. The maximum atomic E-state index is 14.5. The zero-order valence-corrected chi connectivity index (χ0v) is 25.2. The first-order valence-electron chi connectivity index (χ1n) is 12.2. The van der Waals surface area contributed by atoms with E-state index in [0.717, 1.165) is 18.6 Å². The molecule has 0 saturated carbocycles. The minimum absolute atomic E-state index is 0.193. The topological polar surface area (TPSA) is 43.4 Å². The summed E-state index contributed by atoms with van der Waals surface area (Å²) in [7, 11) is -4.22. The molecule has 5 aromatic carbocycles. The Hall–Kier alpha value is -3.11. The molecule has 0 unspecified atom stereocenters. The fraction of sp³-hybridized carbons (Fsp3) is 0.0625. The Bertz CT molecular complexity index is 1450. The van der Waals surface area contributed by atoms with Crippen LogP contribution in [0.25, 0.3) is 0 Å². The van der Waals surface area contributed by atoms with Crippen LogP contribution in [-0.2, 0) is 12.4 Å². The Morgan fingerprint density at radius 3 is 1.19 bits per heavy atom. The van der Waals surface area contributed by atoms with E-state index < -0.39 is 29.3 Å². The molecule has 186 valence electrons. The third kappa shape index (κ3) is 4.16. The molecule has 0 bridgehead atoms. The Kier molecular flexibility index (Phi) is 6.89.